The molecule has 8 heteroatoms. The smallest absolute Gasteiger partial charge is 0.137 e. The first-order valence-corrected chi connectivity index (χ1v) is 10.0. The molecule has 0 amide bonds. The lowest BCUT2D eigenvalue weighted by molar-refractivity contribution is -0.0123. The minimum absolute atomic E-state index is 0.0391. The summed E-state index contributed by atoms with van der Waals surface area (Å²) in [6.07, 6.45) is 9.89. The van der Waals surface area contributed by atoms with Crippen molar-refractivity contribution in [1.29, 1.82) is 0 Å². The van der Waals surface area contributed by atoms with Gasteiger partial charge in [-0.1, -0.05) is 31.2 Å². The average molecular weight is 433 g/mol. The highest BCUT2D eigenvalue weighted by Crippen LogP contribution is 2.39. The van der Waals surface area contributed by atoms with Gasteiger partial charge in [0.1, 0.15) is 29.9 Å². The second-order valence-electron chi connectivity index (χ2n) is 7.47. The maximum Gasteiger partial charge on any atom is 0.137 e. The molecule has 3 heterocycles. The van der Waals surface area contributed by atoms with E-state index >= 15 is 0 Å². The first kappa shape index (κ1) is 21.5. The van der Waals surface area contributed by atoms with Crippen LogP contribution in [0.4, 0.5) is 8.78 Å². The molecule has 0 radical (unpaired) electrons. The standard InChI is InChI=1S/C24H21F2N5O/c1-17(23-10-6-18(13-29-23)5-8-20-4-2-3-11-28-20)24(32,14-31-16-27-15-30-31)21-9-7-19(25)12-22(21)26/h2-13,15-17,32H,14H2,1H3/t17-,24+/m1/s1. The van der Waals surface area contributed by atoms with Crippen LogP contribution < -0.4 is 0 Å². The Hall–Kier alpha value is -3.78. The van der Waals surface area contributed by atoms with Gasteiger partial charge in [0, 0.05) is 35.6 Å². The Labute approximate surface area is 183 Å². The molecule has 0 bridgehead atoms. The summed E-state index contributed by atoms with van der Waals surface area (Å²) in [6.45, 7) is 1.66. The second kappa shape index (κ2) is 9.15. The molecule has 3 aromatic heterocycles. The Morgan fingerprint density at radius 1 is 1.09 bits per heavy atom. The van der Waals surface area contributed by atoms with Crippen LogP contribution in [0.1, 0.15) is 35.4 Å². The van der Waals surface area contributed by atoms with E-state index in [2.05, 4.69) is 20.1 Å². The molecular formula is C24H21F2N5O. The Morgan fingerprint density at radius 2 is 1.97 bits per heavy atom. The summed E-state index contributed by atoms with van der Waals surface area (Å²) in [5, 5.41) is 15.7. The van der Waals surface area contributed by atoms with E-state index in [0.717, 1.165) is 23.4 Å². The summed E-state index contributed by atoms with van der Waals surface area (Å²) >= 11 is 0. The van der Waals surface area contributed by atoms with Crippen molar-refractivity contribution in [2.24, 2.45) is 0 Å². The number of hydrogen-bond acceptors (Lipinski definition) is 5. The summed E-state index contributed by atoms with van der Waals surface area (Å²) in [6, 6.07) is 12.4. The molecule has 0 aliphatic carbocycles. The molecule has 1 N–H and O–H groups in total. The van der Waals surface area contributed by atoms with Crippen molar-refractivity contribution >= 4 is 12.2 Å². The predicted molar refractivity (Wildman–Crippen MR) is 116 cm³/mol. The van der Waals surface area contributed by atoms with E-state index in [4.69, 9.17) is 0 Å². The highest BCUT2D eigenvalue weighted by molar-refractivity contribution is 5.67. The number of aromatic nitrogens is 5. The lowest BCUT2D eigenvalue weighted by Gasteiger charge is -2.34. The van der Waals surface area contributed by atoms with E-state index in [-0.39, 0.29) is 12.1 Å². The maximum absolute atomic E-state index is 14.7. The molecule has 2 atom stereocenters. The number of halogens is 2. The SMILES string of the molecule is C[C@H](c1ccc(C=Cc2ccccn2)cn1)[C@@](O)(Cn1cncn1)c1ccc(F)cc1F. The van der Waals surface area contributed by atoms with E-state index in [1.165, 1.54) is 23.4 Å². The summed E-state index contributed by atoms with van der Waals surface area (Å²) in [5.41, 5.74) is 0.427. The van der Waals surface area contributed by atoms with Crippen LogP contribution in [-0.4, -0.2) is 29.8 Å². The third kappa shape index (κ3) is 4.60. The molecule has 0 aliphatic heterocycles. The molecule has 0 fully saturated rings. The number of benzene rings is 1. The number of hydrogen-bond donors (Lipinski definition) is 1. The van der Waals surface area contributed by atoms with Gasteiger partial charge in [0.25, 0.3) is 0 Å². The monoisotopic (exact) mass is 433 g/mol. The minimum atomic E-state index is -1.75. The number of rotatable bonds is 7. The first-order chi connectivity index (χ1) is 15.5. The topological polar surface area (TPSA) is 76.7 Å². The van der Waals surface area contributed by atoms with Gasteiger partial charge in [-0.3, -0.25) is 9.97 Å². The summed E-state index contributed by atoms with van der Waals surface area (Å²) < 4.78 is 29.6. The highest BCUT2D eigenvalue weighted by Gasteiger charge is 2.40. The Kier molecular flexibility index (Phi) is 6.13. The molecule has 6 nitrogen and oxygen atoms in total. The summed E-state index contributed by atoms with van der Waals surface area (Å²) in [7, 11) is 0. The molecular weight excluding hydrogens is 412 g/mol. The zero-order chi connectivity index (χ0) is 22.6. The van der Waals surface area contributed by atoms with Gasteiger partial charge in [-0.25, -0.2) is 18.4 Å². The molecule has 162 valence electrons. The van der Waals surface area contributed by atoms with Crippen molar-refractivity contribution in [2.45, 2.75) is 25.0 Å². The van der Waals surface area contributed by atoms with Gasteiger partial charge in [0.2, 0.25) is 0 Å². The number of pyridine rings is 2. The quantitative estimate of drug-likeness (QED) is 0.473. The molecule has 4 aromatic rings. The summed E-state index contributed by atoms with van der Waals surface area (Å²) in [4.78, 5) is 12.6. The molecule has 32 heavy (non-hydrogen) atoms. The maximum atomic E-state index is 14.7. The van der Waals surface area contributed by atoms with Crippen molar-refractivity contribution in [2.75, 3.05) is 0 Å². The highest BCUT2D eigenvalue weighted by atomic mass is 19.1. The van der Waals surface area contributed by atoms with E-state index in [1.54, 1.807) is 25.4 Å². The largest absolute Gasteiger partial charge is 0.382 e. The first-order valence-electron chi connectivity index (χ1n) is 10.0. The molecule has 0 spiro atoms. The minimum Gasteiger partial charge on any atom is -0.382 e. The van der Waals surface area contributed by atoms with Gasteiger partial charge in [-0.15, -0.1) is 0 Å². The van der Waals surface area contributed by atoms with Crippen LogP contribution in [0.5, 0.6) is 0 Å². The molecule has 4 rings (SSSR count). The van der Waals surface area contributed by atoms with Gasteiger partial charge >= 0.3 is 0 Å². The van der Waals surface area contributed by atoms with E-state index in [1.807, 2.05) is 36.4 Å². The van der Waals surface area contributed by atoms with Gasteiger partial charge in [-0.05, 0) is 35.9 Å². The van der Waals surface area contributed by atoms with Crippen molar-refractivity contribution in [3.63, 3.8) is 0 Å². The normalized spacial score (nSPS) is 14.4. The Balaban J connectivity index is 1.64. The van der Waals surface area contributed by atoms with Crippen LogP contribution in [0.15, 0.2) is 73.6 Å². The molecule has 0 unspecified atom stereocenters. The van der Waals surface area contributed by atoms with Gasteiger partial charge in [0.05, 0.1) is 12.2 Å². The molecule has 0 aliphatic rings. The fourth-order valence-corrected chi connectivity index (χ4v) is 3.53. The fraction of sp³-hybridized carbons (Fsp3) is 0.167. The van der Waals surface area contributed by atoms with Crippen LogP contribution in [0.2, 0.25) is 0 Å². The number of nitrogens with zero attached hydrogens (tertiary/aromatic N) is 5. The van der Waals surface area contributed by atoms with Crippen LogP contribution in [-0.2, 0) is 12.1 Å². The van der Waals surface area contributed by atoms with E-state index < -0.39 is 23.2 Å². The van der Waals surface area contributed by atoms with Gasteiger partial charge < -0.3 is 5.11 Å². The van der Waals surface area contributed by atoms with Crippen LogP contribution in [0, 0.1) is 11.6 Å². The van der Waals surface area contributed by atoms with Crippen molar-refractivity contribution < 1.29 is 13.9 Å². The van der Waals surface area contributed by atoms with Crippen LogP contribution in [0.3, 0.4) is 0 Å². The summed E-state index contributed by atoms with van der Waals surface area (Å²) in [5.74, 6) is -2.20. The average Bonchev–Trinajstić information content (AvgIpc) is 3.31. The lowest BCUT2D eigenvalue weighted by atomic mass is 9.79. The second-order valence-corrected chi connectivity index (χ2v) is 7.47. The molecule has 1 aromatic carbocycles. The van der Waals surface area contributed by atoms with Crippen LogP contribution >= 0.6 is 0 Å². The Bertz CT molecular complexity index is 1200. The van der Waals surface area contributed by atoms with Gasteiger partial charge in [0.15, 0.2) is 0 Å². The third-order valence-electron chi connectivity index (χ3n) is 5.37. The zero-order valence-corrected chi connectivity index (χ0v) is 17.3. The number of aliphatic hydroxyl groups is 1. The lowest BCUT2D eigenvalue weighted by Crippen LogP contribution is -2.38. The predicted octanol–water partition coefficient (Wildman–Crippen LogP) is 4.21. The third-order valence-corrected chi connectivity index (χ3v) is 5.37. The molecule has 0 saturated heterocycles. The van der Waals surface area contributed by atoms with E-state index in [0.29, 0.717) is 5.69 Å². The Morgan fingerprint density at radius 3 is 2.62 bits per heavy atom. The zero-order valence-electron chi connectivity index (χ0n) is 17.3. The van der Waals surface area contributed by atoms with Crippen molar-refractivity contribution in [3.8, 4) is 0 Å². The molecule has 0 saturated carbocycles. The van der Waals surface area contributed by atoms with Crippen LogP contribution in [0.25, 0.3) is 12.2 Å². The van der Waals surface area contributed by atoms with Crippen molar-refractivity contribution in [3.05, 3.63) is 108 Å². The van der Waals surface area contributed by atoms with E-state index in [9.17, 15) is 13.9 Å². The van der Waals surface area contributed by atoms with Crippen molar-refractivity contribution in [1.82, 2.24) is 24.7 Å². The van der Waals surface area contributed by atoms with Gasteiger partial charge in [-0.2, -0.15) is 5.10 Å². The fourth-order valence-electron chi connectivity index (χ4n) is 3.53.